The monoisotopic (exact) mass is 454 g/mol. The van der Waals surface area contributed by atoms with E-state index in [1.807, 2.05) is 31.2 Å². The average Bonchev–Trinajstić information content (AvgIpc) is 3.14. The molecular weight excluding hydrogens is 424 g/mol. The van der Waals surface area contributed by atoms with Gasteiger partial charge in [-0.05, 0) is 28.2 Å². The van der Waals surface area contributed by atoms with Gasteiger partial charge in [-0.15, -0.1) is 0 Å². The van der Waals surface area contributed by atoms with Crippen LogP contribution in [-0.4, -0.2) is 55.5 Å². The van der Waals surface area contributed by atoms with Gasteiger partial charge in [0.05, 0.1) is 6.61 Å². The van der Waals surface area contributed by atoms with Gasteiger partial charge in [0.2, 0.25) is 5.91 Å². The van der Waals surface area contributed by atoms with Crippen molar-refractivity contribution >= 4 is 18.0 Å². The van der Waals surface area contributed by atoms with E-state index in [-0.39, 0.29) is 38.2 Å². The van der Waals surface area contributed by atoms with E-state index in [0.717, 1.165) is 22.3 Å². The molecule has 2 aromatic rings. The second-order valence-electron chi connectivity index (χ2n) is 8.07. The van der Waals surface area contributed by atoms with Gasteiger partial charge in [-0.1, -0.05) is 68.8 Å². The minimum absolute atomic E-state index is 0.0178. The molecule has 0 aromatic heterocycles. The highest BCUT2D eigenvalue weighted by Gasteiger charge is 2.29. The van der Waals surface area contributed by atoms with Crippen LogP contribution in [0.15, 0.2) is 48.5 Å². The van der Waals surface area contributed by atoms with Gasteiger partial charge in [-0.2, -0.15) is 0 Å². The molecule has 0 spiro atoms. The molecule has 2 aromatic carbocycles. The molecule has 176 valence electrons. The zero-order valence-corrected chi connectivity index (χ0v) is 18.9. The Kier molecular flexibility index (Phi) is 8.43. The van der Waals surface area contributed by atoms with Crippen molar-refractivity contribution in [3.8, 4) is 11.1 Å². The van der Waals surface area contributed by atoms with E-state index in [0.29, 0.717) is 6.42 Å². The van der Waals surface area contributed by atoms with Crippen molar-refractivity contribution in [2.45, 2.75) is 32.2 Å². The summed E-state index contributed by atoms with van der Waals surface area (Å²) in [6.07, 6.45) is 0.0648. The molecule has 2 amide bonds. The summed E-state index contributed by atoms with van der Waals surface area (Å²) in [6.45, 7) is 3.81. The smallest absolute Gasteiger partial charge is 0.407 e. The van der Waals surface area contributed by atoms with Crippen LogP contribution in [0.4, 0.5) is 4.79 Å². The van der Waals surface area contributed by atoms with Gasteiger partial charge in [0, 0.05) is 12.5 Å². The van der Waals surface area contributed by atoms with Gasteiger partial charge in [-0.25, -0.2) is 9.59 Å². The van der Waals surface area contributed by atoms with Crippen molar-refractivity contribution < 1.29 is 29.0 Å². The highest BCUT2D eigenvalue weighted by molar-refractivity contribution is 5.84. The SMILES string of the molecule is CCC(C)C(NC(=O)COCCNC(=O)OCC1c2ccccc2-c2ccccc21)C(=O)O. The fourth-order valence-electron chi connectivity index (χ4n) is 3.94. The fraction of sp³-hybridized carbons (Fsp3) is 0.400. The summed E-state index contributed by atoms with van der Waals surface area (Å²) in [5, 5.41) is 14.3. The maximum absolute atomic E-state index is 12.1. The molecule has 33 heavy (non-hydrogen) atoms. The summed E-state index contributed by atoms with van der Waals surface area (Å²) < 4.78 is 10.7. The fourth-order valence-corrected chi connectivity index (χ4v) is 3.94. The van der Waals surface area contributed by atoms with Crippen molar-refractivity contribution in [1.82, 2.24) is 10.6 Å². The molecule has 8 heteroatoms. The second-order valence-corrected chi connectivity index (χ2v) is 8.07. The standard InChI is InChI=1S/C25H30N2O6/c1-3-16(2)23(24(29)30)27-22(28)15-32-13-12-26-25(31)33-14-21-19-10-6-4-8-17(19)18-9-5-7-11-20(18)21/h4-11,16,21,23H,3,12-15H2,1-2H3,(H,26,31)(H,27,28)(H,29,30). The first-order chi connectivity index (χ1) is 15.9. The van der Waals surface area contributed by atoms with Crippen LogP contribution in [-0.2, 0) is 19.1 Å². The number of aliphatic carboxylic acids is 1. The second kappa shape index (κ2) is 11.5. The summed E-state index contributed by atoms with van der Waals surface area (Å²) in [7, 11) is 0. The molecule has 8 nitrogen and oxygen atoms in total. The number of hydrogen-bond acceptors (Lipinski definition) is 5. The van der Waals surface area contributed by atoms with Crippen LogP contribution in [0.2, 0.25) is 0 Å². The Labute approximate surface area is 193 Å². The molecule has 1 aliphatic carbocycles. The van der Waals surface area contributed by atoms with Gasteiger partial charge in [-0.3, -0.25) is 4.79 Å². The summed E-state index contributed by atoms with van der Waals surface area (Å²) in [5.41, 5.74) is 4.59. The van der Waals surface area contributed by atoms with Gasteiger partial charge < -0.3 is 25.2 Å². The minimum Gasteiger partial charge on any atom is -0.480 e. The lowest BCUT2D eigenvalue weighted by molar-refractivity contribution is -0.144. The van der Waals surface area contributed by atoms with E-state index in [4.69, 9.17) is 9.47 Å². The van der Waals surface area contributed by atoms with Gasteiger partial charge in [0.1, 0.15) is 19.3 Å². The number of amides is 2. The third-order valence-electron chi connectivity index (χ3n) is 5.89. The number of alkyl carbamates (subject to hydrolysis) is 1. The third-order valence-corrected chi connectivity index (χ3v) is 5.89. The highest BCUT2D eigenvalue weighted by Crippen LogP contribution is 2.44. The summed E-state index contributed by atoms with van der Waals surface area (Å²) in [4.78, 5) is 35.3. The average molecular weight is 455 g/mol. The number of carboxylic acids is 1. The van der Waals surface area contributed by atoms with Crippen molar-refractivity contribution in [2.24, 2.45) is 5.92 Å². The highest BCUT2D eigenvalue weighted by atomic mass is 16.5. The number of hydrogen-bond donors (Lipinski definition) is 3. The summed E-state index contributed by atoms with van der Waals surface area (Å²) in [5.74, 6) is -1.80. The first-order valence-electron chi connectivity index (χ1n) is 11.1. The van der Waals surface area contributed by atoms with E-state index < -0.39 is 24.0 Å². The van der Waals surface area contributed by atoms with Crippen LogP contribution in [0, 0.1) is 5.92 Å². The van der Waals surface area contributed by atoms with E-state index in [1.54, 1.807) is 6.92 Å². The van der Waals surface area contributed by atoms with Crippen molar-refractivity contribution in [2.75, 3.05) is 26.4 Å². The predicted octanol–water partition coefficient (Wildman–Crippen LogP) is 3.16. The Morgan fingerprint density at radius 3 is 2.21 bits per heavy atom. The van der Waals surface area contributed by atoms with Crippen LogP contribution < -0.4 is 10.6 Å². The summed E-state index contributed by atoms with van der Waals surface area (Å²) in [6, 6.07) is 15.2. The molecule has 3 N–H and O–H groups in total. The molecule has 0 radical (unpaired) electrons. The van der Waals surface area contributed by atoms with Crippen molar-refractivity contribution in [3.63, 3.8) is 0 Å². The predicted molar refractivity (Wildman–Crippen MR) is 123 cm³/mol. The number of ether oxygens (including phenoxy) is 2. The first-order valence-corrected chi connectivity index (χ1v) is 11.1. The first kappa shape index (κ1) is 24.3. The number of benzene rings is 2. The maximum atomic E-state index is 12.1. The molecule has 0 saturated heterocycles. The normalized spacial score (nSPS) is 14.0. The lowest BCUT2D eigenvalue weighted by Crippen LogP contribution is -2.46. The van der Waals surface area contributed by atoms with E-state index >= 15 is 0 Å². The molecule has 0 heterocycles. The van der Waals surface area contributed by atoms with Gasteiger partial charge in [0.15, 0.2) is 0 Å². The quantitative estimate of drug-likeness (QED) is 0.450. The number of nitrogens with one attached hydrogen (secondary N) is 2. The van der Waals surface area contributed by atoms with Gasteiger partial charge in [0.25, 0.3) is 0 Å². The zero-order chi connectivity index (χ0) is 23.8. The van der Waals surface area contributed by atoms with E-state index in [9.17, 15) is 19.5 Å². The minimum atomic E-state index is -1.07. The molecule has 0 fully saturated rings. The Morgan fingerprint density at radius 1 is 1.03 bits per heavy atom. The van der Waals surface area contributed by atoms with Crippen LogP contribution in [0.3, 0.4) is 0 Å². The number of fused-ring (bicyclic) bond motifs is 3. The Bertz CT molecular complexity index is 947. The Morgan fingerprint density at radius 2 is 1.64 bits per heavy atom. The van der Waals surface area contributed by atoms with Crippen molar-refractivity contribution in [1.29, 1.82) is 0 Å². The molecule has 0 saturated carbocycles. The Hall–Kier alpha value is -3.39. The molecule has 2 unspecified atom stereocenters. The largest absolute Gasteiger partial charge is 0.480 e. The summed E-state index contributed by atoms with van der Waals surface area (Å²) >= 11 is 0. The Balaban J connectivity index is 1.38. The van der Waals surface area contributed by atoms with E-state index in [2.05, 4.69) is 34.9 Å². The lowest BCUT2D eigenvalue weighted by Gasteiger charge is -2.20. The molecule has 2 atom stereocenters. The van der Waals surface area contributed by atoms with Crippen LogP contribution in [0.1, 0.15) is 37.3 Å². The topological polar surface area (TPSA) is 114 Å². The molecule has 0 aliphatic heterocycles. The van der Waals surface area contributed by atoms with Crippen molar-refractivity contribution in [3.05, 3.63) is 59.7 Å². The molecule has 3 rings (SSSR count). The number of carboxylic acid groups (broad SMARTS) is 1. The molecule has 1 aliphatic rings. The lowest BCUT2D eigenvalue weighted by atomic mass is 9.98. The van der Waals surface area contributed by atoms with E-state index in [1.165, 1.54) is 0 Å². The van der Waals surface area contributed by atoms with Gasteiger partial charge >= 0.3 is 12.1 Å². The molecule has 0 bridgehead atoms. The third kappa shape index (κ3) is 6.10. The number of carbonyl (C=O) groups excluding carboxylic acids is 2. The van der Waals surface area contributed by atoms with Crippen LogP contribution in [0.25, 0.3) is 11.1 Å². The zero-order valence-electron chi connectivity index (χ0n) is 18.9. The maximum Gasteiger partial charge on any atom is 0.407 e. The molecular formula is C25H30N2O6. The number of rotatable bonds is 11. The number of carbonyl (C=O) groups is 3. The van der Waals surface area contributed by atoms with Crippen LogP contribution >= 0.6 is 0 Å². The van der Waals surface area contributed by atoms with Crippen LogP contribution in [0.5, 0.6) is 0 Å².